The van der Waals surface area contributed by atoms with Gasteiger partial charge in [-0.25, -0.2) is 0 Å². The second kappa shape index (κ2) is 8.29. The average Bonchev–Trinajstić information content (AvgIpc) is 2.77. The highest BCUT2D eigenvalue weighted by molar-refractivity contribution is 5.92. The molecule has 4 N–H and O–H groups in total. The van der Waals surface area contributed by atoms with Crippen LogP contribution in [0.1, 0.15) is 47.5 Å². The molecule has 3 atom stereocenters. The quantitative estimate of drug-likeness (QED) is 0.638. The Hall–Kier alpha value is -1.63. The smallest absolute Gasteiger partial charge is 0.245 e. The molecular weight excluding hydrogens is 296 g/mol. The zero-order valence-electron chi connectivity index (χ0n) is 14.8. The predicted octanol–water partition coefficient (Wildman–Crippen LogP) is -0.01000. The minimum absolute atomic E-state index is 0.00178. The maximum Gasteiger partial charge on any atom is 0.245 e. The van der Waals surface area contributed by atoms with Gasteiger partial charge in [-0.3, -0.25) is 14.4 Å². The fraction of sp³-hybridized carbons (Fsp3) is 0.812. The molecule has 0 bridgehead atoms. The molecule has 1 saturated heterocycles. The topological polar surface area (TPSA) is 105 Å². The maximum atomic E-state index is 12.8. The summed E-state index contributed by atoms with van der Waals surface area (Å²) in [5.41, 5.74) is 5.96. The van der Waals surface area contributed by atoms with Gasteiger partial charge < -0.3 is 21.3 Å². The summed E-state index contributed by atoms with van der Waals surface area (Å²) in [6, 6.07) is -1.41. The van der Waals surface area contributed by atoms with E-state index in [1.54, 1.807) is 0 Å². The molecule has 23 heavy (non-hydrogen) atoms. The Balaban J connectivity index is 2.90. The molecule has 0 aromatic heterocycles. The molecule has 0 saturated carbocycles. The molecule has 7 heteroatoms. The number of hydrogen-bond donors (Lipinski definition) is 3. The van der Waals surface area contributed by atoms with Crippen LogP contribution in [0, 0.1) is 5.92 Å². The summed E-state index contributed by atoms with van der Waals surface area (Å²) in [7, 11) is 0. The second-order valence-corrected chi connectivity index (χ2v) is 7.05. The van der Waals surface area contributed by atoms with Gasteiger partial charge in [0, 0.05) is 25.6 Å². The molecule has 0 unspecified atom stereocenters. The largest absolute Gasteiger partial charge is 0.352 e. The first-order valence-corrected chi connectivity index (χ1v) is 8.25. The van der Waals surface area contributed by atoms with Crippen molar-refractivity contribution in [2.75, 3.05) is 6.54 Å². The number of carbonyl (C=O) groups excluding carboxylic acids is 3. The van der Waals surface area contributed by atoms with E-state index < -0.39 is 12.1 Å². The lowest BCUT2D eigenvalue weighted by molar-refractivity contribution is -0.141. The number of rotatable bonds is 6. The fourth-order valence-corrected chi connectivity index (χ4v) is 2.88. The molecule has 0 aromatic rings. The second-order valence-electron chi connectivity index (χ2n) is 7.05. The van der Waals surface area contributed by atoms with Crippen molar-refractivity contribution in [1.29, 1.82) is 0 Å². The van der Waals surface area contributed by atoms with Crippen molar-refractivity contribution >= 4 is 17.7 Å². The van der Waals surface area contributed by atoms with Gasteiger partial charge in [-0.15, -0.1) is 0 Å². The number of nitrogens with zero attached hydrogens (tertiary/aromatic N) is 1. The number of nitrogens with one attached hydrogen (secondary N) is 2. The summed E-state index contributed by atoms with van der Waals surface area (Å²) in [5.74, 6) is -0.427. The highest BCUT2D eigenvalue weighted by atomic mass is 16.2. The van der Waals surface area contributed by atoms with Gasteiger partial charge in [-0.2, -0.15) is 0 Å². The fourth-order valence-electron chi connectivity index (χ4n) is 2.88. The summed E-state index contributed by atoms with van der Waals surface area (Å²) < 4.78 is 0. The molecule has 132 valence electrons. The Bertz CT molecular complexity index is 451. The molecule has 1 rings (SSSR count). The maximum absolute atomic E-state index is 12.8. The van der Waals surface area contributed by atoms with E-state index in [2.05, 4.69) is 10.6 Å². The molecule has 0 aliphatic carbocycles. The minimum atomic E-state index is -0.618. The van der Waals surface area contributed by atoms with Gasteiger partial charge in [0.05, 0.1) is 0 Å². The SMILES string of the molecule is CC(=O)N[C@@H](CC(C)C)C(=O)N1C[C@@H](N)C[C@H]1C(=O)NC(C)C. The molecule has 1 aliphatic heterocycles. The third kappa shape index (κ3) is 5.82. The van der Waals surface area contributed by atoms with Crippen molar-refractivity contribution in [3.05, 3.63) is 0 Å². The number of likely N-dealkylation sites (tertiary alicyclic amines) is 1. The highest BCUT2D eigenvalue weighted by Crippen LogP contribution is 2.20. The van der Waals surface area contributed by atoms with Gasteiger partial charge >= 0.3 is 0 Å². The lowest BCUT2D eigenvalue weighted by Gasteiger charge is -2.29. The van der Waals surface area contributed by atoms with Crippen molar-refractivity contribution in [1.82, 2.24) is 15.5 Å². The van der Waals surface area contributed by atoms with E-state index in [-0.39, 0.29) is 35.7 Å². The number of hydrogen-bond acceptors (Lipinski definition) is 4. The molecule has 3 amide bonds. The van der Waals surface area contributed by atoms with Crippen LogP contribution < -0.4 is 16.4 Å². The van der Waals surface area contributed by atoms with E-state index in [0.29, 0.717) is 19.4 Å². The normalized spacial score (nSPS) is 22.3. The molecular formula is C16H30N4O3. The molecule has 0 aromatic carbocycles. The van der Waals surface area contributed by atoms with Gasteiger partial charge in [0.2, 0.25) is 17.7 Å². The van der Waals surface area contributed by atoms with E-state index >= 15 is 0 Å². The van der Waals surface area contributed by atoms with Gasteiger partial charge in [0.1, 0.15) is 12.1 Å². The Morgan fingerprint density at radius 1 is 1.17 bits per heavy atom. The highest BCUT2D eigenvalue weighted by Gasteiger charge is 2.40. The van der Waals surface area contributed by atoms with Crippen LogP contribution in [0.4, 0.5) is 0 Å². The summed E-state index contributed by atoms with van der Waals surface area (Å²) in [5, 5.41) is 5.54. The molecule has 0 spiro atoms. The molecule has 1 heterocycles. The van der Waals surface area contributed by atoms with E-state index in [9.17, 15) is 14.4 Å². The number of amides is 3. The van der Waals surface area contributed by atoms with Crippen molar-refractivity contribution in [2.24, 2.45) is 11.7 Å². The van der Waals surface area contributed by atoms with Crippen molar-refractivity contribution in [3.8, 4) is 0 Å². The Kier molecular flexibility index (Phi) is 7.00. The van der Waals surface area contributed by atoms with Crippen LogP contribution in [0.5, 0.6) is 0 Å². The minimum Gasteiger partial charge on any atom is -0.352 e. The summed E-state index contributed by atoms with van der Waals surface area (Å²) in [6.45, 7) is 9.44. The lowest BCUT2D eigenvalue weighted by Crippen LogP contribution is -2.54. The van der Waals surface area contributed by atoms with Gasteiger partial charge in [-0.1, -0.05) is 13.8 Å². The van der Waals surface area contributed by atoms with Crippen LogP contribution in [-0.2, 0) is 14.4 Å². The van der Waals surface area contributed by atoms with Crippen LogP contribution in [0.3, 0.4) is 0 Å². The van der Waals surface area contributed by atoms with Crippen LogP contribution in [0.15, 0.2) is 0 Å². The van der Waals surface area contributed by atoms with Gasteiger partial charge in [-0.05, 0) is 32.6 Å². The van der Waals surface area contributed by atoms with E-state index in [4.69, 9.17) is 5.73 Å². The average molecular weight is 326 g/mol. The molecule has 1 aliphatic rings. The third-order valence-corrected chi connectivity index (χ3v) is 3.73. The van der Waals surface area contributed by atoms with Crippen molar-refractivity contribution in [2.45, 2.75) is 71.6 Å². The summed E-state index contributed by atoms with van der Waals surface area (Å²) in [6.07, 6.45) is 0.974. The van der Waals surface area contributed by atoms with Gasteiger partial charge in [0.25, 0.3) is 0 Å². The monoisotopic (exact) mass is 326 g/mol. The zero-order chi connectivity index (χ0) is 17.7. The van der Waals surface area contributed by atoms with E-state index in [1.165, 1.54) is 11.8 Å². The zero-order valence-corrected chi connectivity index (χ0v) is 14.8. The summed E-state index contributed by atoms with van der Waals surface area (Å²) in [4.78, 5) is 38.1. The summed E-state index contributed by atoms with van der Waals surface area (Å²) >= 11 is 0. The van der Waals surface area contributed by atoms with Crippen LogP contribution in [-0.4, -0.2) is 53.3 Å². The first-order valence-electron chi connectivity index (χ1n) is 8.25. The molecule has 0 radical (unpaired) electrons. The predicted molar refractivity (Wildman–Crippen MR) is 88.4 cm³/mol. The number of nitrogens with two attached hydrogens (primary N) is 1. The van der Waals surface area contributed by atoms with Gasteiger partial charge in [0.15, 0.2) is 0 Å². The van der Waals surface area contributed by atoms with Crippen LogP contribution in [0.25, 0.3) is 0 Å². The Morgan fingerprint density at radius 3 is 2.26 bits per heavy atom. The van der Waals surface area contributed by atoms with Crippen LogP contribution in [0.2, 0.25) is 0 Å². The first-order chi connectivity index (χ1) is 10.6. The Morgan fingerprint density at radius 2 is 1.78 bits per heavy atom. The van der Waals surface area contributed by atoms with Crippen molar-refractivity contribution in [3.63, 3.8) is 0 Å². The van der Waals surface area contributed by atoms with Crippen LogP contribution >= 0.6 is 0 Å². The third-order valence-electron chi connectivity index (χ3n) is 3.73. The van der Waals surface area contributed by atoms with Crippen molar-refractivity contribution < 1.29 is 14.4 Å². The lowest BCUT2D eigenvalue weighted by atomic mass is 10.0. The van der Waals surface area contributed by atoms with E-state index in [0.717, 1.165) is 0 Å². The standard InChI is InChI=1S/C16H30N4O3/c1-9(2)6-13(19-11(5)21)16(23)20-8-12(17)7-14(20)15(22)18-10(3)4/h9-10,12-14H,6-8,17H2,1-5H3,(H,18,22)(H,19,21)/t12-,13-,14-/m0/s1. The number of carbonyl (C=O) groups is 3. The first kappa shape index (κ1) is 19.4. The molecule has 7 nitrogen and oxygen atoms in total. The molecule has 1 fully saturated rings. The Labute approximate surface area is 138 Å². The van der Waals surface area contributed by atoms with E-state index in [1.807, 2.05) is 27.7 Å².